The molecule has 5 nitrogen and oxygen atoms in total. The number of rotatable bonds is 3. The van der Waals surface area contributed by atoms with Gasteiger partial charge in [-0.3, -0.25) is 4.79 Å². The van der Waals surface area contributed by atoms with Gasteiger partial charge in [0, 0.05) is 18.1 Å². The van der Waals surface area contributed by atoms with Crippen LogP contribution in [0.3, 0.4) is 0 Å². The van der Waals surface area contributed by atoms with Crippen LogP contribution in [0.4, 0.5) is 5.69 Å². The van der Waals surface area contributed by atoms with Gasteiger partial charge in [0.2, 0.25) is 0 Å². The van der Waals surface area contributed by atoms with Crippen LogP contribution in [0.5, 0.6) is 0 Å². The van der Waals surface area contributed by atoms with Crippen molar-refractivity contribution in [2.75, 3.05) is 5.32 Å². The van der Waals surface area contributed by atoms with E-state index >= 15 is 0 Å². The highest BCUT2D eigenvalue weighted by molar-refractivity contribution is 6.08. The van der Waals surface area contributed by atoms with Crippen LogP contribution in [0.25, 0.3) is 5.65 Å². The van der Waals surface area contributed by atoms with Gasteiger partial charge < -0.3 is 5.32 Å². The van der Waals surface area contributed by atoms with Crippen molar-refractivity contribution in [1.82, 2.24) is 14.6 Å². The van der Waals surface area contributed by atoms with Crippen LogP contribution in [0.2, 0.25) is 0 Å². The summed E-state index contributed by atoms with van der Waals surface area (Å²) >= 11 is 0. The topological polar surface area (TPSA) is 59.3 Å². The fraction of sp³-hybridized carbons (Fsp3) is 0.133. The Hall–Kier alpha value is -2.69. The van der Waals surface area contributed by atoms with Crippen LogP contribution in [0.15, 0.2) is 48.9 Å². The van der Waals surface area contributed by atoms with Crippen molar-refractivity contribution < 1.29 is 4.79 Å². The molecule has 2 heterocycles. The first-order valence-corrected chi connectivity index (χ1v) is 6.46. The van der Waals surface area contributed by atoms with Crippen molar-refractivity contribution in [3.8, 4) is 0 Å². The zero-order chi connectivity index (χ0) is 13.9. The quantitative estimate of drug-likeness (QED) is 0.792. The Morgan fingerprint density at radius 3 is 2.85 bits per heavy atom. The molecule has 0 atom stereocenters. The SMILES string of the molecule is CCc1ccc(NC(=O)c2cnn3cccnc23)cc1. The Bertz CT molecular complexity index is 746. The lowest BCUT2D eigenvalue weighted by atomic mass is 10.1. The minimum atomic E-state index is -0.206. The normalized spacial score (nSPS) is 10.7. The number of hydrogen-bond donors (Lipinski definition) is 1. The zero-order valence-electron chi connectivity index (χ0n) is 11.1. The molecule has 1 aromatic carbocycles. The van der Waals surface area contributed by atoms with E-state index in [0.717, 1.165) is 12.1 Å². The lowest BCUT2D eigenvalue weighted by Crippen LogP contribution is -2.12. The molecule has 1 N–H and O–H groups in total. The summed E-state index contributed by atoms with van der Waals surface area (Å²) in [6.07, 6.45) is 5.91. The predicted molar refractivity (Wildman–Crippen MR) is 76.8 cm³/mol. The highest BCUT2D eigenvalue weighted by Gasteiger charge is 2.13. The van der Waals surface area contributed by atoms with Crippen molar-refractivity contribution in [2.24, 2.45) is 0 Å². The third-order valence-electron chi connectivity index (χ3n) is 3.14. The third-order valence-corrected chi connectivity index (χ3v) is 3.14. The molecule has 0 spiro atoms. The Morgan fingerprint density at radius 2 is 2.10 bits per heavy atom. The minimum Gasteiger partial charge on any atom is -0.322 e. The molecular formula is C15H14N4O. The maximum Gasteiger partial charge on any atom is 0.261 e. The molecule has 3 rings (SSSR count). The fourth-order valence-electron chi connectivity index (χ4n) is 2.01. The summed E-state index contributed by atoms with van der Waals surface area (Å²) in [4.78, 5) is 16.4. The number of hydrogen-bond acceptors (Lipinski definition) is 3. The molecular weight excluding hydrogens is 252 g/mol. The summed E-state index contributed by atoms with van der Waals surface area (Å²) in [6, 6.07) is 9.57. The average molecular weight is 266 g/mol. The summed E-state index contributed by atoms with van der Waals surface area (Å²) in [7, 11) is 0. The number of anilines is 1. The highest BCUT2D eigenvalue weighted by atomic mass is 16.1. The fourth-order valence-corrected chi connectivity index (χ4v) is 2.01. The van der Waals surface area contributed by atoms with E-state index in [1.807, 2.05) is 24.3 Å². The summed E-state index contributed by atoms with van der Waals surface area (Å²) in [5.74, 6) is -0.206. The second-order valence-corrected chi connectivity index (χ2v) is 4.45. The number of carbonyl (C=O) groups is 1. The number of nitrogens with zero attached hydrogens (tertiary/aromatic N) is 3. The van der Waals surface area contributed by atoms with E-state index in [2.05, 4.69) is 22.3 Å². The summed E-state index contributed by atoms with van der Waals surface area (Å²) < 4.78 is 1.58. The average Bonchev–Trinajstić information content (AvgIpc) is 2.92. The van der Waals surface area contributed by atoms with Gasteiger partial charge in [0.05, 0.1) is 6.20 Å². The molecule has 0 fully saturated rings. The van der Waals surface area contributed by atoms with Crippen molar-refractivity contribution >= 4 is 17.2 Å². The number of aryl methyl sites for hydroxylation is 1. The van der Waals surface area contributed by atoms with E-state index in [-0.39, 0.29) is 5.91 Å². The molecule has 1 amide bonds. The van der Waals surface area contributed by atoms with Gasteiger partial charge in [0.15, 0.2) is 5.65 Å². The summed E-state index contributed by atoms with van der Waals surface area (Å²) in [5, 5.41) is 6.96. The van der Waals surface area contributed by atoms with Gasteiger partial charge in [-0.15, -0.1) is 0 Å². The van der Waals surface area contributed by atoms with Crippen molar-refractivity contribution in [3.63, 3.8) is 0 Å². The van der Waals surface area contributed by atoms with Gasteiger partial charge >= 0.3 is 0 Å². The highest BCUT2D eigenvalue weighted by Crippen LogP contribution is 2.13. The first kappa shape index (κ1) is 12.3. The summed E-state index contributed by atoms with van der Waals surface area (Å²) in [5.41, 5.74) is 3.02. The second-order valence-electron chi connectivity index (χ2n) is 4.45. The molecule has 20 heavy (non-hydrogen) atoms. The third kappa shape index (κ3) is 2.25. The maximum absolute atomic E-state index is 12.2. The first-order valence-electron chi connectivity index (χ1n) is 6.46. The molecule has 3 aromatic rings. The Labute approximate surface area is 116 Å². The van der Waals surface area contributed by atoms with Crippen molar-refractivity contribution in [1.29, 1.82) is 0 Å². The smallest absolute Gasteiger partial charge is 0.261 e. The Kier molecular flexibility index (Phi) is 3.16. The number of aromatic nitrogens is 3. The molecule has 100 valence electrons. The van der Waals surface area contributed by atoms with E-state index < -0.39 is 0 Å². The number of amides is 1. The molecule has 2 aromatic heterocycles. The van der Waals surface area contributed by atoms with Crippen molar-refractivity contribution in [3.05, 3.63) is 60.0 Å². The molecule has 0 radical (unpaired) electrons. The molecule has 5 heteroatoms. The van der Waals surface area contributed by atoms with E-state index in [0.29, 0.717) is 11.2 Å². The number of nitrogens with one attached hydrogen (secondary N) is 1. The number of carbonyl (C=O) groups excluding carboxylic acids is 1. The van der Waals surface area contributed by atoms with Crippen LogP contribution >= 0.6 is 0 Å². The van der Waals surface area contributed by atoms with Gasteiger partial charge in [-0.05, 0) is 30.2 Å². The molecule has 0 saturated heterocycles. The van der Waals surface area contributed by atoms with Crippen LogP contribution < -0.4 is 5.32 Å². The van der Waals surface area contributed by atoms with E-state index in [1.165, 1.54) is 11.8 Å². The van der Waals surface area contributed by atoms with Gasteiger partial charge in [-0.25, -0.2) is 9.50 Å². The Morgan fingerprint density at radius 1 is 1.30 bits per heavy atom. The van der Waals surface area contributed by atoms with Crippen LogP contribution in [-0.4, -0.2) is 20.5 Å². The van der Waals surface area contributed by atoms with Gasteiger partial charge in [0.1, 0.15) is 5.56 Å². The van der Waals surface area contributed by atoms with Gasteiger partial charge in [-0.2, -0.15) is 5.10 Å². The van der Waals surface area contributed by atoms with E-state index in [9.17, 15) is 4.79 Å². The van der Waals surface area contributed by atoms with Crippen molar-refractivity contribution in [2.45, 2.75) is 13.3 Å². The number of fused-ring (bicyclic) bond motifs is 1. The molecule has 0 bridgehead atoms. The molecule has 0 saturated carbocycles. The minimum absolute atomic E-state index is 0.206. The standard InChI is InChI=1S/C15H14N4O/c1-2-11-4-6-12(7-5-11)18-15(20)13-10-17-19-9-3-8-16-14(13)19/h3-10H,2H2,1H3,(H,18,20). The van der Waals surface area contributed by atoms with E-state index in [1.54, 1.807) is 23.0 Å². The largest absolute Gasteiger partial charge is 0.322 e. The lowest BCUT2D eigenvalue weighted by molar-refractivity contribution is 0.102. The maximum atomic E-state index is 12.2. The van der Waals surface area contributed by atoms with Crippen LogP contribution in [0, 0.1) is 0 Å². The van der Waals surface area contributed by atoms with Crippen LogP contribution in [0.1, 0.15) is 22.8 Å². The van der Waals surface area contributed by atoms with Crippen LogP contribution in [-0.2, 0) is 6.42 Å². The molecule has 0 aliphatic rings. The molecule has 0 unspecified atom stereocenters. The zero-order valence-corrected chi connectivity index (χ0v) is 11.1. The van der Waals surface area contributed by atoms with E-state index in [4.69, 9.17) is 0 Å². The molecule has 0 aliphatic heterocycles. The summed E-state index contributed by atoms with van der Waals surface area (Å²) in [6.45, 7) is 2.10. The lowest BCUT2D eigenvalue weighted by Gasteiger charge is -2.04. The second kappa shape index (κ2) is 5.13. The first-order chi connectivity index (χ1) is 9.78. The Balaban J connectivity index is 1.85. The molecule has 0 aliphatic carbocycles. The number of benzene rings is 1. The van der Waals surface area contributed by atoms with Gasteiger partial charge in [0.25, 0.3) is 5.91 Å². The predicted octanol–water partition coefficient (Wildman–Crippen LogP) is 2.54. The monoisotopic (exact) mass is 266 g/mol. The van der Waals surface area contributed by atoms with Gasteiger partial charge in [-0.1, -0.05) is 19.1 Å².